The second-order valence-corrected chi connectivity index (χ2v) is 7.50. The van der Waals surface area contributed by atoms with Crippen LogP contribution in [0.5, 0.6) is 0 Å². The summed E-state index contributed by atoms with van der Waals surface area (Å²) in [4.78, 5) is 38.2. The van der Waals surface area contributed by atoms with Crippen molar-refractivity contribution in [1.29, 1.82) is 0 Å². The zero-order chi connectivity index (χ0) is 19.5. The third-order valence-corrected chi connectivity index (χ3v) is 5.54. The lowest BCUT2D eigenvalue weighted by Gasteiger charge is -2.16. The van der Waals surface area contributed by atoms with Crippen LogP contribution < -0.4 is 10.2 Å². The fourth-order valence-corrected chi connectivity index (χ4v) is 3.99. The lowest BCUT2D eigenvalue weighted by molar-refractivity contribution is -0.117. The highest BCUT2D eigenvalue weighted by Crippen LogP contribution is 2.24. The first-order chi connectivity index (χ1) is 13.6. The number of fused-ring (bicyclic) bond motifs is 1. The second kappa shape index (κ2) is 7.97. The molecular weight excluding hydrogens is 352 g/mol. The number of nitrogens with zero attached hydrogens (tertiary/aromatic N) is 1. The number of ketones is 1. The Morgan fingerprint density at radius 3 is 2.43 bits per heavy atom. The van der Waals surface area contributed by atoms with Gasteiger partial charge in [-0.15, -0.1) is 0 Å². The molecule has 0 spiro atoms. The molecule has 5 heteroatoms. The molecule has 0 saturated carbocycles. The maximum Gasteiger partial charge on any atom is 0.227 e. The largest absolute Gasteiger partial charge is 0.326 e. The van der Waals surface area contributed by atoms with E-state index in [1.807, 2.05) is 30.3 Å². The van der Waals surface area contributed by atoms with Gasteiger partial charge in [-0.1, -0.05) is 12.1 Å². The molecule has 0 atom stereocenters. The zero-order valence-corrected chi connectivity index (χ0v) is 15.9. The molecule has 28 heavy (non-hydrogen) atoms. The Bertz CT molecular complexity index is 918. The Balaban J connectivity index is 1.29. The summed E-state index contributed by atoms with van der Waals surface area (Å²) in [5, 5.41) is 2.82. The summed E-state index contributed by atoms with van der Waals surface area (Å²) in [5.74, 6) is -0.0332. The smallest absolute Gasteiger partial charge is 0.227 e. The van der Waals surface area contributed by atoms with E-state index in [4.69, 9.17) is 0 Å². The van der Waals surface area contributed by atoms with Crippen molar-refractivity contribution in [3.05, 3.63) is 59.2 Å². The van der Waals surface area contributed by atoms with E-state index in [1.54, 1.807) is 17.0 Å². The summed E-state index contributed by atoms with van der Waals surface area (Å²) in [6.07, 6.45) is 5.12. The lowest BCUT2D eigenvalue weighted by Crippen LogP contribution is -2.23. The van der Waals surface area contributed by atoms with Crippen LogP contribution in [0.15, 0.2) is 42.5 Å². The van der Waals surface area contributed by atoms with Gasteiger partial charge in [-0.2, -0.15) is 0 Å². The fourth-order valence-electron chi connectivity index (χ4n) is 3.99. The van der Waals surface area contributed by atoms with Crippen molar-refractivity contribution in [2.45, 2.75) is 44.9 Å². The molecule has 1 aliphatic heterocycles. The first-order valence-electron chi connectivity index (χ1n) is 9.95. The van der Waals surface area contributed by atoms with E-state index in [9.17, 15) is 14.4 Å². The van der Waals surface area contributed by atoms with E-state index in [2.05, 4.69) is 5.32 Å². The van der Waals surface area contributed by atoms with Crippen LogP contribution in [0.3, 0.4) is 0 Å². The van der Waals surface area contributed by atoms with Crippen LogP contribution in [0.4, 0.5) is 11.4 Å². The van der Waals surface area contributed by atoms with Crippen molar-refractivity contribution in [3.63, 3.8) is 0 Å². The molecule has 1 aliphatic carbocycles. The molecule has 1 saturated heterocycles. The van der Waals surface area contributed by atoms with E-state index in [1.165, 1.54) is 11.1 Å². The highest BCUT2D eigenvalue weighted by molar-refractivity contribution is 6.00. The van der Waals surface area contributed by atoms with Crippen LogP contribution in [-0.2, 0) is 22.4 Å². The van der Waals surface area contributed by atoms with Crippen molar-refractivity contribution in [2.24, 2.45) is 0 Å². The van der Waals surface area contributed by atoms with Gasteiger partial charge in [0.2, 0.25) is 11.8 Å². The van der Waals surface area contributed by atoms with Gasteiger partial charge >= 0.3 is 0 Å². The van der Waals surface area contributed by atoms with Crippen molar-refractivity contribution >= 4 is 29.0 Å². The fraction of sp³-hybridized carbons (Fsp3) is 0.348. The molecule has 0 aromatic heterocycles. The Morgan fingerprint density at radius 2 is 1.68 bits per heavy atom. The number of carbonyl (C=O) groups excluding carboxylic acids is 3. The number of amides is 2. The van der Waals surface area contributed by atoms with Gasteiger partial charge in [0.05, 0.1) is 0 Å². The molecule has 144 valence electrons. The zero-order valence-electron chi connectivity index (χ0n) is 15.9. The second-order valence-electron chi connectivity index (χ2n) is 7.50. The maximum absolute atomic E-state index is 12.4. The van der Waals surface area contributed by atoms with Crippen LogP contribution in [0, 0.1) is 0 Å². The van der Waals surface area contributed by atoms with Gasteiger partial charge in [0.1, 0.15) is 0 Å². The summed E-state index contributed by atoms with van der Waals surface area (Å²) in [6.45, 7) is 0.745. The number of benzene rings is 2. The van der Waals surface area contributed by atoms with Gasteiger partial charge in [-0.3, -0.25) is 14.4 Å². The van der Waals surface area contributed by atoms with Gasteiger partial charge in [-0.25, -0.2) is 0 Å². The van der Waals surface area contributed by atoms with Crippen LogP contribution in [0.2, 0.25) is 0 Å². The Labute approximate surface area is 164 Å². The summed E-state index contributed by atoms with van der Waals surface area (Å²) in [5.41, 5.74) is 4.84. The highest BCUT2D eigenvalue weighted by Gasteiger charge is 2.21. The number of hydrogen-bond donors (Lipinski definition) is 1. The summed E-state index contributed by atoms with van der Waals surface area (Å²) >= 11 is 0. The summed E-state index contributed by atoms with van der Waals surface area (Å²) < 4.78 is 0. The Hall–Kier alpha value is -2.95. The van der Waals surface area contributed by atoms with Gasteiger partial charge in [-0.05, 0) is 67.1 Å². The first kappa shape index (κ1) is 18.4. The van der Waals surface area contributed by atoms with Crippen LogP contribution >= 0.6 is 0 Å². The van der Waals surface area contributed by atoms with Crippen molar-refractivity contribution in [3.8, 4) is 0 Å². The van der Waals surface area contributed by atoms with Gasteiger partial charge < -0.3 is 10.2 Å². The Morgan fingerprint density at radius 1 is 0.893 bits per heavy atom. The molecule has 0 radical (unpaired) electrons. The first-order valence-corrected chi connectivity index (χ1v) is 9.95. The molecule has 0 bridgehead atoms. The van der Waals surface area contributed by atoms with Crippen LogP contribution in [0.25, 0.3) is 0 Å². The predicted octanol–water partition coefficient (Wildman–Crippen LogP) is 3.90. The molecule has 2 aromatic rings. The highest BCUT2D eigenvalue weighted by atomic mass is 16.2. The maximum atomic E-state index is 12.4. The molecule has 2 amide bonds. The van der Waals surface area contributed by atoms with Gasteiger partial charge in [0, 0.05) is 42.7 Å². The molecule has 5 nitrogen and oxygen atoms in total. The number of aryl methyl sites for hydroxylation is 2. The summed E-state index contributed by atoms with van der Waals surface area (Å²) in [6, 6.07) is 13.2. The minimum Gasteiger partial charge on any atom is -0.326 e. The SMILES string of the molecule is O=C(CCC(=O)c1ccc2c(c1)CCC2)Nc1ccc(N2CCCC2=O)cc1. The number of hydrogen-bond acceptors (Lipinski definition) is 3. The number of Topliss-reactive ketones (excluding diaryl/α,β-unsaturated/α-hetero) is 1. The lowest BCUT2D eigenvalue weighted by atomic mass is 10.0. The van der Waals surface area contributed by atoms with E-state index in [0.717, 1.165) is 37.9 Å². The van der Waals surface area contributed by atoms with Gasteiger partial charge in [0.25, 0.3) is 0 Å². The third-order valence-electron chi connectivity index (χ3n) is 5.54. The van der Waals surface area contributed by atoms with Crippen LogP contribution in [0.1, 0.15) is 53.6 Å². The van der Waals surface area contributed by atoms with E-state index in [-0.39, 0.29) is 30.4 Å². The molecule has 1 fully saturated rings. The van der Waals surface area contributed by atoms with E-state index >= 15 is 0 Å². The molecule has 1 N–H and O–H groups in total. The van der Waals surface area contributed by atoms with Crippen molar-refractivity contribution in [2.75, 3.05) is 16.8 Å². The van der Waals surface area contributed by atoms with Crippen molar-refractivity contribution < 1.29 is 14.4 Å². The standard InChI is InChI=1S/C23H24N2O3/c26-21(18-7-6-16-3-1-4-17(16)15-18)12-13-22(27)24-19-8-10-20(11-9-19)25-14-2-5-23(25)28/h6-11,15H,1-5,12-14H2,(H,24,27). The minimum absolute atomic E-state index is 0.00717. The normalized spacial score (nSPS) is 15.6. The average molecular weight is 376 g/mol. The average Bonchev–Trinajstić information content (AvgIpc) is 3.35. The number of anilines is 2. The summed E-state index contributed by atoms with van der Waals surface area (Å²) in [7, 11) is 0. The number of rotatable bonds is 6. The van der Waals surface area contributed by atoms with E-state index < -0.39 is 0 Å². The number of carbonyl (C=O) groups is 3. The molecule has 2 aliphatic rings. The molecule has 1 heterocycles. The minimum atomic E-state index is -0.181. The van der Waals surface area contributed by atoms with E-state index in [0.29, 0.717) is 17.7 Å². The topological polar surface area (TPSA) is 66.5 Å². The van der Waals surface area contributed by atoms with Crippen molar-refractivity contribution in [1.82, 2.24) is 0 Å². The third kappa shape index (κ3) is 3.98. The van der Waals surface area contributed by atoms with Crippen LogP contribution in [-0.4, -0.2) is 24.1 Å². The monoisotopic (exact) mass is 376 g/mol. The predicted molar refractivity (Wildman–Crippen MR) is 109 cm³/mol. The number of nitrogens with one attached hydrogen (secondary N) is 1. The Kier molecular flexibility index (Phi) is 5.24. The molecular formula is C23H24N2O3. The molecule has 0 unspecified atom stereocenters. The molecule has 4 rings (SSSR count). The molecule has 2 aromatic carbocycles. The quantitative estimate of drug-likeness (QED) is 0.778. The van der Waals surface area contributed by atoms with Gasteiger partial charge in [0.15, 0.2) is 5.78 Å².